The van der Waals surface area contributed by atoms with Gasteiger partial charge in [0, 0.05) is 21.2 Å². The summed E-state index contributed by atoms with van der Waals surface area (Å²) in [6.45, 7) is 5.64. The van der Waals surface area contributed by atoms with Crippen molar-refractivity contribution in [3.05, 3.63) is 29.3 Å². The van der Waals surface area contributed by atoms with E-state index >= 15 is 0 Å². The smallest absolute Gasteiger partial charge is 0.0406 e. The van der Waals surface area contributed by atoms with Crippen molar-refractivity contribution >= 4 is 23.4 Å². The van der Waals surface area contributed by atoms with E-state index in [0.717, 1.165) is 17.5 Å². The Morgan fingerprint density at radius 1 is 1.28 bits per heavy atom. The van der Waals surface area contributed by atoms with Crippen molar-refractivity contribution in [1.82, 2.24) is 5.32 Å². The second kappa shape index (κ2) is 6.83. The summed E-state index contributed by atoms with van der Waals surface area (Å²) in [5.74, 6) is 0.852. The van der Waals surface area contributed by atoms with E-state index in [0.29, 0.717) is 11.3 Å². The van der Waals surface area contributed by atoms with Gasteiger partial charge in [-0.1, -0.05) is 25.4 Å². The first-order chi connectivity index (χ1) is 8.69. The number of halogens is 1. The Hall–Kier alpha value is -0.180. The largest absolute Gasteiger partial charge is 0.313 e. The van der Waals surface area contributed by atoms with E-state index in [1.54, 1.807) is 0 Å². The van der Waals surface area contributed by atoms with Gasteiger partial charge in [0.2, 0.25) is 0 Å². The van der Waals surface area contributed by atoms with Crippen LogP contribution < -0.4 is 5.32 Å². The van der Waals surface area contributed by atoms with Crippen molar-refractivity contribution in [2.75, 3.05) is 6.54 Å². The van der Waals surface area contributed by atoms with Gasteiger partial charge < -0.3 is 5.32 Å². The molecule has 0 heterocycles. The van der Waals surface area contributed by atoms with Crippen molar-refractivity contribution in [2.24, 2.45) is 5.92 Å². The third-order valence-corrected chi connectivity index (χ3v) is 5.24. The van der Waals surface area contributed by atoms with Crippen molar-refractivity contribution in [3.63, 3.8) is 0 Å². The number of nitrogens with one attached hydrogen (secondary N) is 1. The summed E-state index contributed by atoms with van der Waals surface area (Å²) in [7, 11) is 0. The predicted molar refractivity (Wildman–Crippen MR) is 81.6 cm³/mol. The Labute approximate surface area is 120 Å². The molecule has 1 aliphatic rings. The molecule has 0 aromatic heterocycles. The van der Waals surface area contributed by atoms with Crippen LogP contribution in [0.4, 0.5) is 0 Å². The molecule has 0 spiro atoms. The molecule has 1 saturated carbocycles. The molecule has 1 fully saturated rings. The fourth-order valence-electron chi connectivity index (χ4n) is 2.64. The lowest BCUT2D eigenvalue weighted by atomic mass is 9.87. The van der Waals surface area contributed by atoms with E-state index in [2.05, 4.69) is 31.3 Å². The molecule has 1 nitrogen and oxygen atoms in total. The first kappa shape index (κ1) is 14.2. The molecule has 3 unspecified atom stereocenters. The highest BCUT2D eigenvalue weighted by Gasteiger charge is 2.28. The third-order valence-electron chi connectivity index (χ3n) is 3.62. The second-order valence-electron chi connectivity index (χ2n) is 5.19. The molecular weight excluding hydrogens is 262 g/mol. The van der Waals surface area contributed by atoms with Crippen LogP contribution in [0.2, 0.25) is 5.02 Å². The maximum absolute atomic E-state index is 5.93. The summed E-state index contributed by atoms with van der Waals surface area (Å²) in [5.41, 5.74) is 0. The maximum Gasteiger partial charge on any atom is 0.0406 e. The van der Waals surface area contributed by atoms with Gasteiger partial charge in [0.25, 0.3) is 0 Å². The molecule has 1 N–H and O–H groups in total. The van der Waals surface area contributed by atoms with Gasteiger partial charge in [0.15, 0.2) is 0 Å². The van der Waals surface area contributed by atoms with Crippen LogP contribution in [0.1, 0.15) is 33.1 Å². The van der Waals surface area contributed by atoms with E-state index in [1.807, 2.05) is 23.9 Å². The van der Waals surface area contributed by atoms with Crippen LogP contribution in [-0.2, 0) is 0 Å². The zero-order valence-electron chi connectivity index (χ0n) is 11.2. The summed E-state index contributed by atoms with van der Waals surface area (Å²) < 4.78 is 0. The first-order valence-electron chi connectivity index (χ1n) is 6.84. The molecule has 100 valence electrons. The Morgan fingerprint density at radius 2 is 2.00 bits per heavy atom. The lowest BCUT2D eigenvalue weighted by molar-refractivity contribution is 0.321. The molecule has 0 saturated heterocycles. The van der Waals surface area contributed by atoms with Crippen LogP contribution in [0.15, 0.2) is 29.2 Å². The highest BCUT2D eigenvalue weighted by atomic mass is 35.5. The lowest BCUT2D eigenvalue weighted by Crippen LogP contribution is -2.42. The molecular formula is C15H22ClNS. The van der Waals surface area contributed by atoms with Gasteiger partial charge in [-0.05, 0) is 56.0 Å². The Balaban J connectivity index is 2.01. The number of thioether (sulfide) groups is 1. The van der Waals surface area contributed by atoms with Crippen molar-refractivity contribution in [2.45, 2.75) is 49.3 Å². The molecule has 18 heavy (non-hydrogen) atoms. The summed E-state index contributed by atoms with van der Waals surface area (Å²) in [6, 6.07) is 8.90. The molecule has 0 amide bonds. The third kappa shape index (κ3) is 3.91. The average molecular weight is 284 g/mol. The molecule has 2 rings (SSSR count). The van der Waals surface area contributed by atoms with E-state index in [-0.39, 0.29) is 0 Å². The monoisotopic (exact) mass is 283 g/mol. The minimum Gasteiger partial charge on any atom is -0.313 e. The van der Waals surface area contributed by atoms with E-state index in [1.165, 1.54) is 24.2 Å². The average Bonchev–Trinajstić information content (AvgIpc) is 2.36. The number of rotatable bonds is 4. The zero-order valence-corrected chi connectivity index (χ0v) is 12.7. The second-order valence-corrected chi connectivity index (χ2v) is 6.94. The number of hydrogen-bond donors (Lipinski definition) is 1. The Bertz CT molecular complexity index is 365. The molecule has 0 bridgehead atoms. The summed E-state index contributed by atoms with van der Waals surface area (Å²) >= 11 is 7.94. The Kier molecular flexibility index (Phi) is 5.40. The summed E-state index contributed by atoms with van der Waals surface area (Å²) in [4.78, 5) is 1.33. The van der Waals surface area contributed by atoms with Gasteiger partial charge in [-0.15, -0.1) is 11.8 Å². The van der Waals surface area contributed by atoms with Gasteiger partial charge in [0.05, 0.1) is 0 Å². The van der Waals surface area contributed by atoms with E-state index in [4.69, 9.17) is 11.6 Å². The molecule has 1 aromatic carbocycles. The van der Waals surface area contributed by atoms with Gasteiger partial charge in [0.1, 0.15) is 0 Å². The topological polar surface area (TPSA) is 12.0 Å². The minimum absolute atomic E-state index is 0.659. The van der Waals surface area contributed by atoms with Crippen LogP contribution in [0.25, 0.3) is 0 Å². The van der Waals surface area contributed by atoms with Crippen LogP contribution >= 0.6 is 23.4 Å². The molecule has 0 radical (unpaired) electrons. The number of benzene rings is 1. The molecule has 0 aliphatic heterocycles. The molecule has 1 aromatic rings. The maximum atomic E-state index is 5.93. The van der Waals surface area contributed by atoms with Gasteiger partial charge >= 0.3 is 0 Å². The molecule has 3 atom stereocenters. The Morgan fingerprint density at radius 3 is 2.67 bits per heavy atom. The van der Waals surface area contributed by atoms with Crippen LogP contribution in [0.3, 0.4) is 0 Å². The number of hydrogen-bond acceptors (Lipinski definition) is 2. The highest BCUT2D eigenvalue weighted by Crippen LogP contribution is 2.36. The predicted octanol–water partition coefficient (Wildman–Crippen LogP) is 4.60. The minimum atomic E-state index is 0.659. The van der Waals surface area contributed by atoms with Crippen LogP contribution in [0.5, 0.6) is 0 Å². The van der Waals surface area contributed by atoms with Gasteiger partial charge in [-0.25, -0.2) is 0 Å². The van der Waals surface area contributed by atoms with Crippen molar-refractivity contribution < 1.29 is 0 Å². The van der Waals surface area contributed by atoms with Gasteiger partial charge in [-0.3, -0.25) is 0 Å². The van der Waals surface area contributed by atoms with E-state index in [9.17, 15) is 0 Å². The normalized spacial score (nSPS) is 28.3. The van der Waals surface area contributed by atoms with E-state index < -0.39 is 0 Å². The van der Waals surface area contributed by atoms with Crippen molar-refractivity contribution in [3.8, 4) is 0 Å². The summed E-state index contributed by atoms with van der Waals surface area (Å²) in [6.07, 6.45) is 3.97. The highest BCUT2D eigenvalue weighted by molar-refractivity contribution is 8.00. The fourth-order valence-corrected chi connectivity index (χ4v) is 4.23. The molecule has 3 heteroatoms. The standard InChI is InChI=1S/C15H22ClNS/c1-3-17-14-9-4-11(2)10-15(14)18-13-7-5-12(16)6-8-13/h5-8,11,14-15,17H,3-4,9-10H2,1-2H3. The fraction of sp³-hybridized carbons (Fsp3) is 0.600. The van der Waals surface area contributed by atoms with Crippen LogP contribution in [0, 0.1) is 5.92 Å². The SMILES string of the molecule is CCNC1CCC(C)CC1Sc1ccc(Cl)cc1. The van der Waals surface area contributed by atoms with Crippen molar-refractivity contribution in [1.29, 1.82) is 0 Å². The zero-order chi connectivity index (χ0) is 13.0. The summed E-state index contributed by atoms with van der Waals surface area (Å²) in [5, 5.41) is 5.15. The first-order valence-corrected chi connectivity index (χ1v) is 8.10. The lowest BCUT2D eigenvalue weighted by Gasteiger charge is -2.35. The van der Waals surface area contributed by atoms with Gasteiger partial charge in [-0.2, -0.15) is 0 Å². The quantitative estimate of drug-likeness (QED) is 0.867. The van der Waals surface area contributed by atoms with Crippen LogP contribution in [-0.4, -0.2) is 17.8 Å². The molecule has 1 aliphatic carbocycles.